The van der Waals surface area contributed by atoms with E-state index in [9.17, 15) is 0 Å². The van der Waals surface area contributed by atoms with Crippen LogP contribution < -0.4 is 5.32 Å². The van der Waals surface area contributed by atoms with Crippen molar-refractivity contribution in [3.63, 3.8) is 0 Å². The molecule has 1 fully saturated rings. The number of ether oxygens (including phenoxy) is 1. The Balaban J connectivity index is 1.47. The lowest BCUT2D eigenvalue weighted by Crippen LogP contribution is -2.40. The highest BCUT2D eigenvalue weighted by Crippen LogP contribution is 2.28. The Bertz CT molecular complexity index is 594. The average Bonchev–Trinajstić information content (AvgIpc) is 2.97. The number of aryl methyl sites for hydroxylation is 1. The van der Waals surface area contributed by atoms with Gasteiger partial charge < -0.3 is 10.1 Å². The molecule has 2 aromatic rings. The van der Waals surface area contributed by atoms with E-state index in [4.69, 9.17) is 9.72 Å². The van der Waals surface area contributed by atoms with Crippen LogP contribution >= 0.6 is 11.3 Å². The summed E-state index contributed by atoms with van der Waals surface area (Å²) in [6.45, 7) is 9.12. The maximum Gasteiger partial charge on any atom is 0.0904 e. The zero-order chi connectivity index (χ0) is 15.9. The van der Waals surface area contributed by atoms with Crippen molar-refractivity contribution in [3.8, 4) is 11.3 Å². The minimum absolute atomic E-state index is 0.876. The Hall–Kier alpha value is -1.27. The van der Waals surface area contributed by atoms with E-state index < -0.39 is 0 Å². The molecule has 3 rings (SSSR count). The summed E-state index contributed by atoms with van der Waals surface area (Å²) < 4.78 is 5.37. The van der Waals surface area contributed by atoms with E-state index >= 15 is 0 Å². The van der Waals surface area contributed by atoms with Gasteiger partial charge in [0.15, 0.2) is 0 Å². The lowest BCUT2D eigenvalue weighted by Gasteiger charge is -2.26. The third-order valence-corrected chi connectivity index (χ3v) is 5.12. The average molecular weight is 331 g/mol. The van der Waals surface area contributed by atoms with Gasteiger partial charge in [0.05, 0.1) is 23.9 Å². The maximum absolute atomic E-state index is 5.37. The van der Waals surface area contributed by atoms with Gasteiger partial charge in [-0.25, -0.2) is 4.98 Å². The van der Waals surface area contributed by atoms with Crippen LogP contribution in [0.3, 0.4) is 0 Å². The second kappa shape index (κ2) is 8.55. The van der Waals surface area contributed by atoms with Gasteiger partial charge in [0.1, 0.15) is 0 Å². The van der Waals surface area contributed by atoms with E-state index in [1.807, 2.05) is 11.3 Å². The number of aromatic nitrogens is 1. The van der Waals surface area contributed by atoms with Crippen molar-refractivity contribution in [2.45, 2.75) is 13.3 Å². The number of benzene rings is 1. The normalized spacial score (nSPS) is 15.9. The predicted molar refractivity (Wildman–Crippen MR) is 96.1 cm³/mol. The summed E-state index contributed by atoms with van der Waals surface area (Å²) in [5.41, 5.74) is 2.38. The second-order valence-electron chi connectivity index (χ2n) is 5.82. The fraction of sp³-hybridized carbons (Fsp3) is 0.500. The molecule has 1 aromatic heterocycles. The van der Waals surface area contributed by atoms with Crippen LogP contribution in [-0.2, 0) is 11.2 Å². The van der Waals surface area contributed by atoms with Crippen LogP contribution in [-0.4, -0.2) is 55.8 Å². The van der Waals surface area contributed by atoms with Crippen LogP contribution in [0.15, 0.2) is 30.3 Å². The number of nitrogens with zero attached hydrogens (tertiary/aromatic N) is 2. The lowest BCUT2D eigenvalue weighted by molar-refractivity contribution is 0.0385. The number of rotatable bonds is 7. The molecule has 4 nitrogen and oxygen atoms in total. The van der Waals surface area contributed by atoms with Gasteiger partial charge in [0.2, 0.25) is 0 Å². The molecule has 0 atom stereocenters. The lowest BCUT2D eigenvalue weighted by atomic mass is 10.1. The highest BCUT2D eigenvalue weighted by Gasteiger charge is 2.11. The standard InChI is InChI=1S/C18H25N3OS/c1-15-20-18(16-5-3-2-4-6-16)17(23-15)7-8-19-9-10-21-11-13-22-14-12-21/h2-6,19H,7-14H2,1H3. The topological polar surface area (TPSA) is 37.4 Å². The molecule has 2 heterocycles. The summed E-state index contributed by atoms with van der Waals surface area (Å²) in [5, 5.41) is 4.71. The second-order valence-corrected chi connectivity index (χ2v) is 7.11. The Morgan fingerprint density at radius 2 is 1.96 bits per heavy atom. The molecule has 0 radical (unpaired) electrons. The van der Waals surface area contributed by atoms with Crippen molar-refractivity contribution in [1.82, 2.24) is 15.2 Å². The molecule has 1 saturated heterocycles. The molecule has 0 aliphatic carbocycles. The molecule has 1 N–H and O–H groups in total. The summed E-state index contributed by atoms with van der Waals surface area (Å²) in [5.74, 6) is 0. The molecule has 0 unspecified atom stereocenters. The zero-order valence-corrected chi connectivity index (χ0v) is 14.6. The minimum atomic E-state index is 0.876. The van der Waals surface area contributed by atoms with E-state index in [1.165, 1.54) is 10.4 Å². The highest BCUT2D eigenvalue weighted by molar-refractivity contribution is 7.12. The summed E-state index contributed by atoms with van der Waals surface area (Å²) >= 11 is 1.82. The van der Waals surface area contributed by atoms with Crippen LogP contribution in [0.5, 0.6) is 0 Å². The van der Waals surface area contributed by atoms with E-state index in [2.05, 4.69) is 47.5 Å². The summed E-state index contributed by atoms with van der Waals surface area (Å²) in [6.07, 6.45) is 1.04. The molecule has 5 heteroatoms. The molecule has 0 saturated carbocycles. The van der Waals surface area contributed by atoms with Crippen molar-refractivity contribution in [2.24, 2.45) is 0 Å². The summed E-state index contributed by atoms with van der Waals surface area (Å²) in [7, 11) is 0. The smallest absolute Gasteiger partial charge is 0.0904 e. The van der Waals surface area contributed by atoms with Gasteiger partial charge in [0.25, 0.3) is 0 Å². The van der Waals surface area contributed by atoms with Gasteiger partial charge >= 0.3 is 0 Å². The molecule has 124 valence electrons. The number of hydrogen-bond acceptors (Lipinski definition) is 5. The summed E-state index contributed by atoms with van der Waals surface area (Å²) in [6, 6.07) is 10.5. The Morgan fingerprint density at radius 3 is 2.74 bits per heavy atom. The van der Waals surface area contributed by atoms with Crippen molar-refractivity contribution in [3.05, 3.63) is 40.2 Å². The van der Waals surface area contributed by atoms with Crippen LogP contribution in [0.25, 0.3) is 11.3 Å². The molecule has 23 heavy (non-hydrogen) atoms. The highest BCUT2D eigenvalue weighted by atomic mass is 32.1. The largest absolute Gasteiger partial charge is 0.379 e. The number of nitrogens with one attached hydrogen (secondary N) is 1. The predicted octanol–water partition coefficient (Wildman–Crippen LogP) is 2.58. The van der Waals surface area contributed by atoms with Crippen LogP contribution in [0.1, 0.15) is 9.88 Å². The number of hydrogen-bond donors (Lipinski definition) is 1. The van der Waals surface area contributed by atoms with E-state index in [1.54, 1.807) is 0 Å². The molecule has 1 aliphatic heterocycles. The Labute approximate surface area is 142 Å². The van der Waals surface area contributed by atoms with Crippen LogP contribution in [0.2, 0.25) is 0 Å². The minimum Gasteiger partial charge on any atom is -0.379 e. The van der Waals surface area contributed by atoms with Crippen molar-refractivity contribution in [2.75, 3.05) is 45.9 Å². The van der Waals surface area contributed by atoms with Crippen LogP contribution in [0.4, 0.5) is 0 Å². The molecule has 1 aliphatic rings. The molecule has 0 amide bonds. The van der Waals surface area contributed by atoms with Gasteiger partial charge in [-0.05, 0) is 13.3 Å². The van der Waals surface area contributed by atoms with Gasteiger partial charge in [-0.3, -0.25) is 4.90 Å². The molecule has 1 aromatic carbocycles. The van der Waals surface area contributed by atoms with E-state index in [0.717, 1.165) is 63.1 Å². The fourth-order valence-corrected chi connectivity index (χ4v) is 3.81. The number of morpholine rings is 1. The van der Waals surface area contributed by atoms with Crippen molar-refractivity contribution in [1.29, 1.82) is 0 Å². The fourth-order valence-electron chi connectivity index (χ4n) is 2.85. The SMILES string of the molecule is Cc1nc(-c2ccccc2)c(CCNCCN2CCOCC2)s1. The van der Waals surface area contributed by atoms with Gasteiger partial charge in [-0.1, -0.05) is 30.3 Å². The third kappa shape index (κ3) is 4.85. The van der Waals surface area contributed by atoms with Gasteiger partial charge in [0, 0.05) is 43.2 Å². The maximum atomic E-state index is 5.37. The number of thiazole rings is 1. The van der Waals surface area contributed by atoms with E-state index in [0.29, 0.717) is 0 Å². The third-order valence-electron chi connectivity index (χ3n) is 4.09. The molecule has 0 spiro atoms. The first kappa shape index (κ1) is 16.6. The van der Waals surface area contributed by atoms with E-state index in [-0.39, 0.29) is 0 Å². The van der Waals surface area contributed by atoms with Crippen molar-refractivity contribution >= 4 is 11.3 Å². The van der Waals surface area contributed by atoms with Crippen LogP contribution in [0, 0.1) is 6.92 Å². The summed E-state index contributed by atoms with van der Waals surface area (Å²) in [4.78, 5) is 8.56. The first-order chi connectivity index (χ1) is 11.3. The molecular formula is C18H25N3OS. The molecular weight excluding hydrogens is 306 g/mol. The van der Waals surface area contributed by atoms with Crippen molar-refractivity contribution < 1.29 is 4.74 Å². The monoisotopic (exact) mass is 331 g/mol. The first-order valence-electron chi connectivity index (χ1n) is 8.35. The molecule has 0 bridgehead atoms. The zero-order valence-electron chi connectivity index (χ0n) is 13.8. The first-order valence-corrected chi connectivity index (χ1v) is 9.17. The van der Waals surface area contributed by atoms with Gasteiger partial charge in [-0.15, -0.1) is 11.3 Å². The Morgan fingerprint density at radius 1 is 1.17 bits per heavy atom. The van der Waals surface area contributed by atoms with Gasteiger partial charge in [-0.2, -0.15) is 0 Å². The quantitative estimate of drug-likeness (QED) is 0.792. The Kier molecular flexibility index (Phi) is 6.16.